The minimum Gasteiger partial charge on any atom is -0.393 e. The lowest BCUT2D eigenvalue weighted by atomic mass is 9.93. The van der Waals surface area contributed by atoms with Gasteiger partial charge in [0.15, 0.2) is 0 Å². The Kier molecular flexibility index (Phi) is 4.40. The minimum absolute atomic E-state index is 0.189. The molecule has 2 unspecified atom stereocenters. The van der Waals surface area contributed by atoms with Crippen molar-refractivity contribution >= 4 is 0 Å². The van der Waals surface area contributed by atoms with Crippen LogP contribution in [0.2, 0.25) is 0 Å². The molecule has 2 rings (SSSR count). The number of nitrogens with zero attached hydrogens (tertiary/aromatic N) is 3. The summed E-state index contributed by atoms with van der Waals surface area (Å²) in [7, 11) is 0. The van der Waals surface area contributed by atoms with Gasteiger partial charge in [0, 0.05) is 30.9 Å². The Bertz CT molecular complexity index is 373. The largest absolute Gasteiger partial charge is 0.393 e. The van der Waals surface area contributed by atoms with Gasteiger partial charge in [-0.3, -0.25) is 9.58 Å². The van der Waals surface area contributed by atoms with Crippen molar-refractivity contribution in [2.24, 2.45) is 5.92 Å². The molecule has 1 fully saturated rings. The zero-order chi connectivity index (χ0) is 13.1. The Balaban J connectivity index is 1.92. The van der Waals surface area contributed by atoms with Crippen LogP contribution in [-0.2, 0) is 6.54 Å². The summed E-state index contributed by atoms with van der Waals surface area (Å²) in [5, 5.41) is 14.1. The lowest BCUT2D eigenvalue weighted by Gasteiger charge is -2.33. The van der Waals surface area contributed by atoms with Crippen LogP contribution in [0.1, 0.15) is 45.2 Å². The van der Waals surface area contributed by atoms with E-state index in [0.717, 1.165) is 26.1 Å². The summed E-state index contributed by atoms with van der Waals surface area (Å²) in [5.41, 5.74) is 1.27. The first-order valence-corrected chi connectivity index (χ1v) is 6.99. The highest BCUT2D eigenvalue weighted by Gasteiger charge is 2.23. The van der Waals surface area contributed by atoms with Crippen molar-refractivity contribution < 1.29 is 5.11 Å². The van der Waals surface area contributed by atoms with Gasteiger partial charge in [-0.1, -0.05) is 0 Å². The lowest BCUT2D eigenvalue weighted by molar-refractivity contribution is 0.0599. The molecule has 1 saturated heterocycles. The predicted octanol–water partition coefficient (Wildman–Crippen LogP) is 2.06. The molecule has 2 heterocycles. The van der Waals surface area contributed by atoms with Crippen molar-refractivity contribution in [2.45, 2.75) is 52.3 Å². The topological polar surface area (TPSA) is 41.3 Å². The highest BCUT2D eigenvalue weighted by molar-refractivity contribution is 5.04. The molecule has 1 aliphatic rings. The third-order valence-corrected chi connectivity index (χ3v) is 3.81. The van der Waals surface area contributed by atoms with Crippen molar-refractivity contribution in [3.05, 3.63) is 18.0 Å². The first-order valence-electron chi connectivity index (χ1n) is 6.99. The third-order valence-electron chi connectivity index (χ3n) is 3.81. The number of aliphatic hydroxyl groups is 1. The molecule has 1 N–H and O–H groups in total. The van der Waals surface area contributed by atoms with Gasteiger partial charge in [0.1, 0.15) is 0 Å². The van der Waals surface area contributed by atoms with E-state index in [9.17, 15) is 5.11 Å². The van der Waals surface area contributed by atoms with Crippen LogP contribution in [0.4, 0.5) is 0 Å². The van der Waals surface area contributed by atoms with Crippen LogP contribution < -0.4 is 0 Å². The smallest absolute Gasteiger partial charge is 0.0552 e. The standard InChI is InChI=1S/C14H25N3O/c1-11(2)17-9-13(7-15-17)8-16-6-4-5-14(10-16)12(3)18/h7,9,11-12,14,18H,4-6,8,10H2,1-3H3. The van der Waals surface area contributed by atoms with E-state index in [4.69, 9.17) is 0 Å². The molecule has 1 aromatic rings. The summed E-state index contributed by atoms with van der Waals surface area (Å²) in [5.74, 6) is 0.430. The van der Waals surface area contributed by atoms with Crippen molar-refractivity contribution in [1.29, 1.82) is 0 Å². The maximum atomic E-state index is 9.69. The summed E-state index contributed by atoms with van der Waals surface area (Å²) < 4.78 is 2.01. The molecule has 18 heavy (non-hydrogen) atoms. The monoisotopic (exact) mass is 251 g/mol. The molecule has 0 spiro atoms. The number of hydrogen-bond donors (Lipinski definition) is 1. The Labute approximate surface area is 110 Å². The van der Waals surface area contributed by atoms with Crippen molar-refractivity contribution in [3.63, 3.8) is 0 Å². The average molecular weight is 251 g/mol. The van der Waals surface area contributed by atoms with Gasteiger partial charge in [-0.05, 0) is 46.1 Å². The van der Waals surface area contributed by atoms with Gasteiger partial charge >= 0.3 is 0 Å². The molecule has 102 valence electrons. The van der Waals surface area contributed by atoms with Crippen LogP contribution in [-0.4, -0.2) is 39.0 Å². The summed E-state index contributed by atoms with van der Waals surface area (Å²) >= 11 is 0. The summed E-state index contributed by atoms with van der Waals surface area (Å²) in [6.45, 7) is 9.28. The maximum absolute atomic E-state index is 9.69. The van der Waals surface area contributed by atoms with Gasteiger partial charge in [-0.25, -0.2) is 0 Å². The molecule has 0 amide bonds. The predicted molar refractivity (Wildman–Crippen MR) is 72.3 cm³/mol. The number of hydrogen-bond acceptors (Lipinski definition) is 3. The normalized spacial score (nSPS) is 23.5. The summed E-state index contributed by atoms with van der Waals surface area (Å²) in [6.07, 6.45) is 6.25. The van der Waals surface area contributed by atoms with Gasteiger partial charge in [-0.2, -0.15) is 5.10 Å². The molecule has 4 nitrogen and oxygen atoms in total. The number of likely N-dealkylation sites (tertiary alicyclic amines) is 1. The van der Waals surface area contributed by atoms with E-state index >= 15 is 0 Å². The fraction of sp³-hybridized carbons (Fsp3) is 0.786. The minimum atomic E-state index is -0.189. The van der Waals surface area contributed by atoms with Gasteiger partial charge < -0.3 is 5.11 Å². The van der Waals surface area contributed by atoms with Gasteiger partial charge in [0.25, 0.3) is 0 Å². The summed E-state index contributed by atoms with van der Waals surface area (Å²) in [6, 6.07) is 0.422. The molecular formula is C14H25N3O. The zero-order valence-electron chi connectivity index (χ0n) is 11.7. The van der Waals surface area contributed by atoms with E-state index in [0.29, 0.717) is 12.0 Å². The van der Waals surface area contributed by atoms with E-state index in [1.54, 1.807) is 0 Å². The van der Waals surface area contributed by atoms with Crippen molar-refractivity contribution in [1.82, 2.24) is 14.7 Å². The molecule has 0 aromatic carbocycles. The van der Waals surface area contributed by atoms with Crippen molar-refractivity contribution in [2.75, 3.05) is 13.1 Å². The first-order chi connectivity index (χ1) is 8.56. The maximum Gasteiger partial charge on any atom is 0.0552 e. The fourth-order valence-corrected chi connectivity index (χ4v) is 2.63. The van der Waals surface area contributed by atoms with E-state index in [1.807, 2.05) is 17.8 Å². The second kappa shape index (κ2) is 5.85. The van der Waals surface area contributed by atoms with E-state index < -0.39 is 0 Å². The Morgan fingerprint density at radius 3 is 2.83 bits per heavy atom. The van der Waals surface area contributed by atoms with Crippen LogP contribution in [0.5, 0.6) is 0 Å². The highest BCUT2D eigenvalue weighted by Crippen LogP contribution is 2.21. The lowest BCUT2D eigenvalue weighted by Crippen LogP contribution is -2.38. The molecule has 4 heteroatoms. The second-order valence-corrected chi connectivity index (χ2v) is 5.80. The molecular weight excluding hydrogens is 226 g/mol. The number of aliphatic hydroxyl groups excluding tert-OH is 1. The van der Waals surface area contributed by atoms with Crippen LogP contribution in [0, 0.1) is 5.92 Å². The third kappa shape index (κ3) is 3.33. The van der Waals surface area contributed by atoms with E-state index in [2.05, 4.69) is 30.0 Å². The van der Waals surface area contributed by atoms with Crippen molar-refractivity contribution in [3.8, 4) is 0 Å². The molecule has 0 radical (unpaired) electrons. The highest BCUT2D eigenvalue weighted by atomic mass is 16.3. The van der Waals surface area contributed by atoms with Crippen LogP contribution in [0.3, 0.4) is 0 Å². The molecule has 0 bridgehead atoms. The summed E-state index contributed by atoms with van der Waals surface area (Å²) in [4.78, 5) is 2.43. The number of rotatable bonds is 4. The molecule has 2 atom stereocenters. The Morgan fingerprint density at radius 2 is 2.22 bits per heavy atom. The van der Waals surface area contributed by atoms with E-state index in [1.165, 1.54) is 12.0 Å². The van der Waals surface area contributed by atoms with Gasteiger partial charge in [0.2, 0.25) is 0 Å². The Hall–Kier alpha value is -0.870. The molecule has 0 saturated carbocycles. The van der Waals surface area contributed by atoms with Crippen LogP contribution in [0.25, 0.3) is 0 Å². The Morgan fingerprint density at radius 1 is 1.44 bits per heavy atom. The van der Waals surface area contributed by atoms with Gasteiger partial charge in [0.05, 0.1) is 12.3 Å². The molecule has 1 aromatic heterocycles. The quantitative estimate of drug-likeness (QED) is 0.890. The molecule has 0 aliphatic carbocycles. The average Bonchev–Trinajstić information content (AvgIpc) is 2.78. The number of piperidine rings is 1. The fourth-order valence-electron chi connectivity index (χ4n) is 2.63. The van der Waals surface area contributed by atoms with Crippen LogP contribution >= 0.6 is 0 Å². The zero-order valence-corrected chi connectivity index (χ0v) is 11.7. The number of aromatic nitrogens is 2. The van der Waals surface area contributed by atoms with Gasteiger partial charge in [-0.15, -0.1) is 0 Å². The van der Waals surface area contributed by atoms with Crippen LogP contribution in [0.15, 0.2) is 12.4 Å². The molecule has 1 aliphatic heterocycles. The first kappa shape index (κ1) is 13.6. The SMILES string of the molecule is CC(O)C1CCCN(Cc2cnn(C(C)C)c2)C1. The second-order valence-electron chi connectivity index (χ2n) is 5.80. The van der Waals surface area contributed by atoms with E-state index in [-0.39, 0.29) is 6.10 Å².